The van der Waals surface area contributed by atoms with Crippen molar-refractivity contribution in [2.45, 2.75) is 88.6 Å². The van der Waals surface area contributed by atoms with Crippen LogP contribution in [-0.2, 0) is 33.2 Å². The number of esters is 1. The van der Waals surface area contributed by atoms with E-state index >= 15 is 0 Å². The third-order valence-corrected chi connectivity index (χ3v) is 9.49. The Morgan fingerprint density at radius 1 is 0.920 bits per heavy atom. The first-order valence-corrected chi connectivity index (χ1v) is 16.5. The number of likely N-dealkylation sites (tertiary alicyclic amines) is 2. The fraction of sp³-hybridized carbons (Fsp3) is 0.606. The van der Waals surface area contributed by atoms with Gasteiger partial charge in [0.25, 0.3) is 0 Å². The molecular formula is C33H41F6N7O4. The summed E-state index contributed by atoms with van der Waals surface area (Å²) < 4.78 is 93.3. The normalized spacial score (nSPS) is 23.2. The smallest absolute Gasteiger partial charge is 0.416 e. The van der Waals surface area contributed by atoms with Crippen LogP contribution in [0.2, 0.25) is 0 Å². The number of alkyl halides is 6. The molecule has 2 saturated heterocycles. The summed E-state index contributed by atoms with van der Waals surface area (Å²) >= 11 is 0. The molecule has 3 aliphatic heterocycles. The highest BCUT2D eigenvalue weighted by Crippen LogP contribution is 2.38. The molecule has 0 saturated carbocycles. The number of hydrazone groups is 1. The van der Waals surface area contributed by atoms with Gasteiger partial charge >= 0.3 is 24.4 Å². The van der Waals surface area contributed by atoms with Gasteiger partial charge < -0.3 is 19.3 Å². The molecule has 2 fully saturated rings. The summed E-state index contributed by atoms with van der Waals surface area (Å²) in [7, 11) is 3.12. The van der Waals surface area contributed by atoms with Crippen LogP contribution >= 0.6 is 0 Å². The van der Waals surface area contributed by atoms with Gasteiger partial charge in [-0.15, -0.1) is 0 Å². The Morgan fingerprint density at radius 3 is 1.98 bits per heavy atom. The number of piperidine rings is 1. The molecule has 1 amide bonds. The van der Waals surface area contributed by atoms with Gasteiger partial charge in [-0.05, 0) is 55.0 Å². The third-order valence-electron chi connectivity index (χ3n) is 9.49. The van der Waals surface area contributed by atoms with Gasteiger partial charge in [0.2, 0.25) is 5.95 Å². The van der Waals surface area contributed by atoms with Gasteiger partial charge in [0.05, 0.1) is 24.8 Å². The molecule has 0 spiro atoms. The van der Waals surface area contributed by atoms with Crippen molar-refractivity contribution in [1.82, 2.24) is 24.8 Å². The van der Waals surface area contributed by atoms with Gasteiger partial charge in [0.15, 0.2) is 0 Å². The summed E-state index contributed by atoms with van der Waals surface area (Å²) in [5.41, 5.74) is -2.25. The molecule has 0 aliphatic carbocycles. The molecule has 1 aromatic carbocycles. The molecule has 4 atom stereocenters. The Bertz CT molecular complexity index is 1490. The SMILES string of the molecule is CC[C@@H]1C[C@H](N(Cc2cc(C(F)(F)F)cc(C(F)(F)F)c2)c2ncc(C3C=NN(C)C3)cn2)C[C@H](CC)N1C(=O)OC1CN(CC(=O)OC)C1. The number of carbonyl (C=O) groups excluding carboxylic acids is 2. The molecule has 1 aromatic heterocycles. The van der Waals surface area contributed by atoms with Crippen molar-refractivity contribution in [3.05, 3.63) is 52.8 Å². The fourth-order valence-electron chi connectivity index (χ4n) is 6.81. The number of aromatic nitrogens is 2. The summed E-state index contributed by atoms with van der Waals surface area (Å²) in [6.45, 7) is 4.93. The highest BCUT2D eigenvalue weighted by molar-refractivity contribution is 5.72. The molecule has 50 heavy (non-hydrogen) atoms. The van der Waals surface area contributed by atoms with Crippen LogP contribution in [0.15, 0.2) is 35.7 Å². The van der Waals surface area contributed by atoms with Crippen LogP contribution < -0.4 is 4.90 Å². The number of likely N-dealkylation sites (N-methyl/N-ethyl adjacent to an activating group) is 1. The standard InChI is InChI=1S/C33H41F6N7O4/c1-5-25-10-27(11-26(6-2)46(25)31(48)50-28-17-44(18-28)19-29(47)49-4)45(30-40-12-21(13-41-30)22-14-42-43(3)16-22)15-20-7-23(32(34,35)36)9-24(8-20)33(37,38)39/h7-9,12-14,22,25-28H,5-6,10-11,15-19H2,1-4H3/t22?,25-,26+,27+. The lowest BCUT2D eigenvalue weighted by Gasteiger charge is -2.48. The lowest BCUT2D eigenvalue weighted by Crippen LogP contribution is -2.60. The second-order valence-electron chi connectivity index (χ2n) is 13.0. The van der Waals surface area contributed by atoms with Gasteiger partial charge in [0.1, 0.15) is 6.10 Å². The molecule has 5 rings (SSSR count). The van der Waals surface area contributed by atoms with E-state index < -0.39 is 47.7 Å². The second kappa shape index (κ2) is 15.0. The van der Waals surface area contributed by atoms with Crippen molar-refractivity contribution < 1.29 is 45.4 Å². The van der Waals surface area contributed by atoms with Gasteiger partial charge in [-0.25, -0.2) is 14.8 Å². The van der Waals surface area contributed by atoms with E-state index in [2.05, 4.69) is 19.8 Å². The van der Waals surface area contributed by atoms with Crippen LogP contribution in [0.3, 0.4) is 0 Å². The van der Waals surface area contributed by atoms with Gasteiger partial charge in [-0.2, -0.15) is 31.4 Å². The van der Waals surface area contributed by atoms with E-state index in [1.165, 1.54) is 7.11 Å². The Hall–Kier alpha value is -4.15. The number of hydrogen-bond donors (Lipinski definition) is 0. The number of rotatable bonds is 10. The van der Waals surface area contributed by atoms with Crippen molar-refractivity contribution >= 4 is 24.2 Å². The summed E-state index contributed by atoms with van der Waals surface area (Å²) in [5.74, 6) is -0.322. The van der Waals surface area contributed by atoms with Crippen molar-refractivity contribution in [1.29, 1.82) is 0 Å². The lowest BCUT2D eigenvalue weighted by atomic mass is 9.87. The number of carbonyl (C=O) groups is 2. The minimum Gasteiger partial charge on any atom is -0.468 e. The molecule has 0 radical (unpaired) electrons. The van der Waals surface area contributed by atoms with E-state index in [4.69, 9.17) is 4.74 Å². The predicted octanol–water partition coefficient (Wildman–Crippen LogP) is 5.55. The molecule has 2 aromatic rings. The van der Waals surface area contributed by atoms with Crippen LogP contribution in [0.1, 0.15) is 67.7 Å². The molecule has 3 aliphatic rings. The Balaban J connectivity index is 1.42. The third kappa shape index (κ3) is 8.58. The molecule has 11 nitrogen and oxygen atoms in total. The zero-order chi connectivity index (χ0) is 36.4. The highest BCUT2D eigenvalue weighted by atomic mass is 19.4. The van der Waals surface area contributed by atoms with Gasteiger partial charge in [-0.3, -0.25) is 14.7 Å². The highest BCUT2D eigenvalue weighted by Gasteiger charge is 2.43. The number of nitrogens with zero attached hydrogens (tertiary/aromatic N) is 7. The summed E-state index contributed by atoms with van der Waals surface area (Å²) in [4.78, 5) is 39.4. The van der Waals surface area contributed by atoms with E-state index in [9.17, 15) is 35.9 Å². The summed E-state index contributed by atoms with van der Waals surface area (Å²) in [5, 5.41) is 5.99. The minimum atomic E-state index is -5.00. The van der Waals surface area contributed by atoms with Crippen LogP contribution in [0.5, 0.6) is 0 Å². The molecule has 274 valence electrons. The maximum Gasteiger partial charge on any atom is 0.416 e. The molecule has 1 unspecified atom stereocenters. The first-order chi connectivity index (χ1) is 23.6. The Morgan fingerprint density at radius 2 is 1.50 bits per heavy atom. The van der Waals surface area contributed by atoms with E-state index in [0.29, 0.717) is 45.3 Å². The van der Waals surface area contributed by atoms with Gasteiger partial charge in [0, 0.05) is 75.9 Å². The molecule has 17 heteroatoms. The number of anilines is 1. The molecule has 0 N–H and O–H groups in total. The van der Waals surface area contributed by atoms with Crippen molar-refractivity contribution in [3.63, 3.8) is 0 Å². The van der Waals surface area contributed by atoms with Crippen LogP contribution in [0.4, 0.5) is 37.1 Å². The molecular weight excluding hydrogens is 672 g/mol. The molecule has 0 bridgehead atoms. The summed E-state index contributed by atoms with van der Waals surface area (Å²) in [6.07, 6.45) is -4.24. The zero-order valence-electron chi connectivity index (χ0n) is 28.2. The minimum absolute atomic E-state index is 0.0771. The monoisotopic (exact) mass is 713 g/mol. The quantitative estimate of drug-likeness (QED) is 0.232. The van der Waals surface area contributed by atoms with E-state index in [1.807, 2.05) is 20.9 Å². The van der Waals surface area contributed by atoms with Crippen molar-refractivity contribution in [3.8, 4) is 0 Å². The van der Waals surface area contributed by atoms with Crippen LogP contribution in [-0.4, -0.2) is 108 Å². The largest absolute Gasteiger partial charge is 0.468 e. The van der Waals surface area contributed by atoms with Crippen LogP contribution in [0.25, 0.3) is 0 Å². The maximum atomic E-state index is 13.8. The topological polar surface area (TPSA) is 104 Å². The van der Waals surface area contributed by atoms with Crippen molar-refractivity contribution in [2.75, 3.05) is 45.2 Å². The average Bonchev–Trinajstić information content (AvgIpc) is 3.50. The first kappa shape index (κ1) is 37.1. The van der Waals surface area contributed by atoms with Crippen LogP contribution in [0, 0.1) is 0 Å². The Labute approximate surface area is 286 Å². The molecule has 4 heterocycles. The lowest BCUT2D eigenvalue weighted by molar-refractivity contribution is -0.145. The van der Waals surface area contributed by atoms with Crippen molar-refractivity contribution in [2.24, 2.45) is 5.10 Å². The Kier molecular flexibility index (Phi) is 11.1. The number of benzene rings is 1. The van der Waals surface area contributed by atoms with E-state index in [1.54, 1.807) is 38.3 Å². The average molecular weight is 714 g/mol. The van der Waals surface area contributed by atoms with Gasteiger partial charge in [-0.1, -0.05) is 13.8 Å². The number of hydrogen-bond acceptors (Lipinski definition) is 10. The maximum absolute atomic E-state index is 13.8. The number of ether oxygens (including phenoxy) is 2. The predicted molar refractivity (Wildman–Crippen MR) is 170 cm³/mol. The second-order valence-corrected chi connectivity index (χ2v) is 13.0. The zero-order valence-corrected chi connectivity index (χ0v) is 28.2. The fourth-order valence-corrected chi connectivity index (χ4v) is 6.81. The number of halogens is 6. The van der Waals surface area contributed by atoms with E-state index in [-0.39, 0.29) is 48.7 Å². The first-order valence-electron chi connectivity index (χ1n) is 16.5. The number of methoxy groups -OCH3 is 1. The van der Waals surface area contributed by atoms with E-state index in [0.717, 1.165) is 17.7 Å². The summed E-state index contributed by atoms with van der Waals surface area (Å²) in [6, 6.07) is 0.422. The number of amides is 1.